The Morgan fingerprint density at radius 2 is 1.73 bits per heavy atom. The number of benzene rings is 3. The van der Waals surface area contributed by atoms with Crippen LogP contribution in [0.15, 0.2) is 84.0 Å². The van der Waals surface area contributed by atoms with Gasteiger partial charge in [0.25, 0.3) is 0 Å². The molecule has 1 unspecified atom stereocenters. The fourth-order valence-corrected chi connectivity index (χ4v) is 4.05. The number of hydrogen-bond acceptors (Lipinski definition) is 8. The number of rotatable bonds is 7. The van der Waals surface area contributed by atoms with Crippen molar-refractivity contribution in [1.82, 2.24) is 5.43 Å². The molecule has 1 atom stereocenters. The van der Waals surface area contributed by atoms with E-state index in [4.69, 9.17) is 15.3 Å². The highest BCUT2D eigenvalue weighted by Gasteiger charge is 2.26. The molecule has 1 aliphatic heterocycles. The molecule has 3 aromatic carbocycles. The summed E-state index contributed by atoms with van der Waals surface area (Å²) in [5.74, 6) is 4.92. The number of hydrazone groups is 1. The topological polar surface area (TPSA) is 123 Å². The van der Waals surface area contributed by atoms with E-state index in [2.05, 4.69) is 10.5 Å². The molecule has 9 heteroatoms. The third kappa shape index (κ3) is 7.25. The molecule has 0 spiro atoms. The lowest BCUT2D eigenvalue weighted by Gasteiger charge is -2.27. The first-order chi connectivity index (χ1) is 18.0. The predicted octanol–water partition coefficient (Wildman–Crippen LogP) is 4.11. The first kappa shape index (κ1) is 25.6. The van der Waals surface area contributed by atoms with Gasteiger partial charge in [-0.3, -0.25) is 4.79 Å². The highest BCUT2D eigenvalue weighted by molar-refractivity contribution is 5.97. The van der Waals surface area contributed by atoms with Gasteiger partial charge < -0.3 is 14.5 Å². The summed E-state index contributed by atoms with van der Waals surface area (Å²) in [5, 5.41) is 5.44. The van der Waals surface area contributed by atoms with E-state index in [0.717, 1.165) is 36.1 Å². The van der Waals surface area contributed by atoms with Gasteiger partial charge >= 0.3 is 18.0 Å². The number of hydrazine groups is 1. The summed E-state index contributed by atoms with van der Waals surface area (Å²) >= 11 is 0. The Bertz CT molecular complexity index is 1260. The molecule has 1 aliphatic rings. The second-order valence-corrected chi connectivity index (χ2v) is 8.60. The van der Waals surface area contributed by atoms with E-state index in [0.29, 0.717) is 5.56 Å². The van der Waals surface area contributed by atoms with Crippen LogP contribution in [0.1, 0.15) is 46.3 Å². The van der Waals surface area contributed by atoms with E-state index in [1.807, 2.05) is 54.6 Å². The number of anilines is 1. The van der Waals surface area contributed by atoms with Crippen LogP contribution in [-0.2, 0) is 27.3 Å². The van der Waals surface area contributed by atoms with Crippen molar-refractivity contribution < 1.29 is 23.9 Å². The highest BCUT2D eigenvalue weighted by Crippen LogP contribution is 2.28. The van der Waals surface area contributed by atoms with Gasteiger partial charge in [-0.05, 0) is 54.2 Å². The zero-order chi connectivity index (χ0) is 26.0. The van der Waals surface area contributed by atoms with Gasteiger partial charge in [0, 0.05) is 0 Å². The smallest absolute Gasteiger partial charge is 0.428 e. The summed E-state index contributed by atoms with van der Waals surface area (Å²) in [5.41, 5.74) is 6.01. The number of nitrogens with zero attached hydrogens (tertiary/aromatic N) is 2. The molecule has 3 N–H and O–H groups in total. The SMILES string of the molecule is NN1c2ccccc2CCCC1CC(=O)OC(=O)c1ccc(C=NNC(=O)OCc2ccccc2)cc1. The lowest BCUT2D eigenvalue weighted by molar-refractivity contribution is -0.138. The molecule has 0 saturated heterocycles. The average molecular weight is 501 g/mol. The molecule has 3 aromatic rings. The molecule has 1 heterocycles. The normalized spacial score (nSPS) is 14.9. The summed E-state index contributed by atoms with van der Waals surface area (Å²) in [6.45, 7) is 0.134. The van der Waals surface area contributed by atoms with Crippen LogP contribution in [0.3, 0.4) is 0 Å². The van der Waals surface area contributed by atoms with E-state index in [9.17, 15) is 14.4 Å². The number of nitrogens with two attached hydrogens (primary N) is 1. The maximum atomic E-state index is 12.5. The summed E-state index contributed by atoms with van der Waals surface area (Å²) in [4.78, 5) is 36.7. The van der Waals surface area contributed by atoms with Crippen LogP contribution in [0.5, 0.6) is 0 Å². The Balaban J connectivity index is 1.24. The fourth-order valence-electron chi connectivity index (χ4n) is 4.05. The molecule has 9 nitrogen and oxygen atoms in total. The van der Waals surface area contributed by atoms with Gasteiger partial charge in [-0.15, -0.1) is 0 Å². The van der Waals surface area contributed by atoms with Crippen LogP contribution < -0.4 is 16.3 Å². The molecule has 1 amide bonds. The zero-order valence-electron chi connectivity index (χ0n) is 20.2. The molecular formula is C28H28N4O5. The van der Waals surface area contributed by atoms with E-state index in [-0.39, 0.29) is 24.6 Å². The van der Waals surface area contributed by atoms with Gasteiger partial charge in [-0.2, -0.15) is 5.10 Å². The zero-order valence-corrected chi connectivity index (χ0v) is 20.2. The predicted molar refractivity (Wildman–Crippen MR) is 139 cm³/mol. The molecule has 4 rings (SSSR count). The Morgan fingerprint density at radius 1 is 1.00 bits per heavy atom. The minimum absolute atomic E-state index is 0.00730. The van der Waals surface area contributed by atoms with Crippen molar-refractivity contribution in [3.8, 4) is 0 Å². The van der Waals surface area contributed by atoms with Crippen LogP contribution >= 0.6 is 0 Å². The van der Waals surface area contributed by atoms with Crippen molar-refractivity contribution in [3.63, 3.8) is 0 Å². The van der Waals surface area contributed by atoms with E-state index < -0.39 is 18.0 Å². The quantitative estimate of drug-likeness (QED) is 0.165. The molecule has 0 aliphatic carbocycles. The van der Waals surface area contributed by atoms with E-state index in [1.54, 1.807) is 17.1 Å². The molecule has 37 heavy (non-hydrogen) atoms. The van der Waals surface area contributed by atoms with Gasteiger partial charge in [-0.25, -0.2) is 20.9 Å². The van der Waals surface area contributed by atoms with Crippen molar-refractivity contribution >= 4 is 29.9 Å². The maximum absolute atomic E-state index is 12.5. The number of para-hydroxylation sites is 1. The molecule has 0 saturated carbocycles. The largest absolute Gasteiger partial charge is 0.443 e. The van der Waals surface area contributed by atoms with Gasteiger partial charge in [0.1, 0.15) is 6.61 Å². The summed E-state index contributed by atoms with van der Waals surface area (Å²) in [7, 11) is 0. The van der Waals surface area contributed by atoms with Crippen LogP contribution in [0.25, 0.3) is 0 Å². The van der Waals surface area contributed by atoms with Crippen molar-refractivity contribution in [3.05, 3.63) is 101 Å². The van der Waals surface area contributed by atoms with E-state index in [1.165, 1.54) is 18.3 Å². The Kier molecular flexibility index (Phi) is 8.62. The minimum atomic E-state index is -0.742. The summed E-state index contributed by atoms with van der Waals surface area (Å²) in [6, 6.07) is 23.1. The third-order valence-electron chi connectivity index (χ3n) is 5.98. The lowest BCUT2D eigenvalue weighted by atomic mass is 10.1. The van der Waals surface area contributed by atoms with Gasteiger partial charge in [0.05, 0.1) is 29.9 Å². The molecule has 0 fully saturated rings. The van der Waals surface area contributed by atoms with Gasteiger partial charge in [0.2, 0.25) is 0 Å². The first-order valence-corrected chi connectivity index (χ1v) is 12.0. The maximum Gasteiger partial charge on any atom is 0.428 e. The Morgan fingerprint density at radius 3 is 2.51 bits per heavy atom. The van der Waals surface area contributed by atoms with Crippen molar-refractivity contribution in [2.45, 2.75) is 38.3 Å². The molecule has 190 valence electrons. The number of hydrogen-bond donors (Lipinski definition) is 2. The second-order valence-electron chi connectivity index (χ2n) is 8.60. The number of nitrogens with one attached hydrogen (secondary N) is 1. The second kappa shape index (κ2) is 12.5. The molecule has 0 bridgehead atoms. The number of aryl methyl sites for hydroxylation is 1. The molecular weight excluding hydrogens is 472 g/mol. The molecule has 0 aromatic heterocycles. The Hall–Kier alpha value is -4.50. The monoisotopic (exact) mass is 500 g/mol. The van der Waals surface area contributed by atoms with Gasteiger partial charge in [-0.1, -0.05) is 60.7 Å². The van der Waals surface area contributed by atoms with Crippen LogP contribution in [0.4, 0.5) is 10.5 Å². The lowest BCUT2D eigenvalue weighted by Crippen LogP contribution is -2.42. The number of esters is 2. The number of carbonyl (C=O) groups is 3. The number of carbonyl (C=O) groups excluding carboxylic acids is 3. The third-order valence-corrected chi connectivity index (χ3v) is 5.98. The average Bonchev–Trinajstić information content (AvgIpc) is 3.07. The van der Waals surface area contributed by atoms with Crippen LogP contribution in [-0.4, -0.2) is 30.3 Å². The standard InChI is InChI=1S/C28H28N4O5/c29-32-24(11-6-10-22-9-4-5-12-25(22)32)17-26(33)37-27(34)23-15-13-20(14-16-23)18-30-31-28(35)36-19-21-7-2-1-3-8-21/h1-5,7-9,12-16,18,24H,6,10-11,17,19,29H2,(H,31,35). The van der Waals surface area contributed by atoms with Crippen LogP contribution in [0.2, 0.25) is 0 Å². The van der Waals surface area contributed by atoms with Crippen molar-refractivity contribution in [2.24, 2.45) is 10.9 Å². The van der Waals surface area contributed by atoms with Crippen LogP contribution in [0, 0.1) is 0 Å². The summed E-state index contributed by atoms with van der Waals surface area (Å²) < 4.78 is 10.1. The van der Waals surface area contributed by atoms with Crippen molar-refractivity contribution in [1.29, 1.82) is 0 Å². The van der Waals surface area contributed by atoms with Gasteiger partial charge in [0.15, 0.2) is 0 Å². The fraction of sp³-hybridized carbons (Fsp3) is 0.214. The molecule has 0 radical (unpaired) electrons. The number of fused-ring (bicyclic) bond motifs is 1. The highest BCUT2D eigenvalue weighted by atomic mass is 16.6. The summed E-state index contributed by atoms with van der Waals surface area (Å²) in [6.07, 6.45) is 3.22. The minimum Gasteiger partial charge on any atom is -0.443 e. The Labute approximate surface area is 214 Å². The number of ether oxygens (including phenoxy) is 2. The van der Waals surface area contributed by atoms with Crippen molar-refractivity contribution in [2.75, 3.05) is 5.01 Å². The first-order valence-electron chi connectivity index (χ1n) is 12.0. The van der Waals surface area contributed by atoms with E-state index >= 15 is 0 Å². The number of amides is 1.